The van der Waals surface area contributed by atoms with Crippen LogP contribution in [0, 0.1) is 18.6 Å². The van der Waals surface area contributed by atoms with E-state index in [1.54, 1.807) is 25.1 Å². The first-order valence-corrected chi connectivity index (χ1v) is 5.27. The van der Waals surface area contributed by atoms with E-state index in [4.69, 9.17) is 5.11 Å². The number of rotatable bonds is 2. The molecule has 0 aromatic heterocycles. The minimum absolute atomic E-state index is 0.283. The Balaban J connectivity index is 2.54. The zero-order valence-electron chi connectivity index (χ0n) is 9.37. The van der Waals surface area contributed by atoms with Gasteiger partial charge in [-0.3, -0.25) is 0 Å². The topological polar surface area (TPSA) is 20.2 Å². The SMILES string of the molecule is Cc1cc(-c2cccc(F)c2)cc(F)c1CO. The van der Waals surface area contributed by atoms with Crippen LogP contribution in [0.2, 0.25) is 0 Å². The molecule has 1 nitrogen and oxygen atoms in total. The number of aryl methyl sites for hydroxylation is 1. The summed E-state index contributed by atoms with van der Waals surface area (Å²) in [5.41, 5.74) is 2.17. The highest BCUT2D eigenvalue weighted by atomic mass is 19.1. The first kappa shape index (κ1) is 11.7. The second kappa shape index (κ2) is 4.63. The fourth-order valence-corrected chi connectivity index (χ4v) is 1.81. The summed E-state index contributed by atoms with van der Waals surface area (Å²) in [7, 11) is 0. The van der Waals surface area contributed by atoms with Gasteiger partial charge in [-0.25, -0.2) is 8.78 Å². The summed E-state index contributed by atoms with van der Waals surface area (Å²) in [6, 6.07) is 9.05. The summed E-state index contributed by atoms with van der Waals surface area (Å²) in [5.74, 6) is -0.821. The van der Waals surface area contributed by atoms with Crippen LogP contribution in [0.5, 0.6) is 0 Å². The normalized spacial score (nSPS) is 10.6. The summed E-state index contributed by atoms with van der Waals surface area (Å²) >= 11 is 0. The Kier molecular flexibility index (Phi) is 3.20. The first-order valence-electron chi connectivity index (χ1n) is 5.27. The molecule has 2 aromatic rings. The van der Waals surface area contributed by atoms with Crippen LogP contribution in [0.1, 0.15) is 11.1 Å². The van der Waals surface area contributed by atoms with Crippen molar-refractivity contribution in [3.05, 3.63) is 59.2 Å². The molecule has 0 heterocycles. The first-order chi connectivity index (χ1) is 8.11. The van der Waals surface area contributed by atoms with E-state index in [1.807, 2.05) is 0 Å². The number of aliphatic hydroxyl groups is 1. The molecular formula is C14H12F2O. The monoisotopic (exact) mass is 234 g/mol. The van der Waals surface area contributed by atoms with Crippen molar-refractivity contribution in [2.24, 2.45) is 0 Å². The Morgan fingerprint density at radius 1 is 1.06 bits per heavy atom. The van der Waals surface area contributed by atoms with Crippen molar-refractivity contribution in [3.8, 4) is 11.1 Å². The van der Waals surface area contributed by atoms with Crippen molar-refractivity contribution in [2.45, 2.75) is 13.5 Å². The molecule has 0 bridgehead atoms. The molecule has 0 radical (unpaired) electrons. The highest BCUT2D eigenvalue weighted by Crippen LogP contribution is 2.25. The third-order valence-electron chi connectivity index (χ3n) is 2.73. The van der Waals surface area contributed by atoms with Crippen LogP contribution >= 0.6 is 0 Å². The summed E-state index contributed by atoms with van der Waals surface area (Å²) < 4.78 is 26.7. The molecule has 0 atom stereocenters. The van der Waals surface area contributed by atoms with Gasteiger partial charge in [-0.15, -0.1) is 0 Å². The molecular weight excluding hydrogens is 222 g/mol. The van der Waals surface area contributed by atoms with Gasteiger partial charge in [0.1, 0.15) is 11.6 Å². The van der Waals surface area contributed by atoms with Crippen LogP contribution in [-0.4, -0.2) is 5.11 Å². The maximum absolute atomic E-state index is 13.6. The molecule has 0 spiro atoms. The van der Waals surface area contributed by atoms with Gasteiger partial charge < -0.3 is 5.11 Å². The maximum Gasteiger partial charge on any atom is 0.129 e. The van der Waals surface area contributed by atoms with Crippen molar-refractivity contribution < 1.29 is 13.9 Å². The standard InChI is InChI=1S/C14H12F2O/c1-9-5-11(7-14(16)13(9)8-17)10-3-2-4-12(15)6-10/h2-7,17H,8H2,1H3. The zero-order chi connectivity index (χ0) is 12.4. The molecule has 0 saturated heterocycles. The van der Waals surface area contributed by atoms with Gasteiger partial charge in [-0.2, -0.15) is 0 Å². The largest absolute Gasteiger partial charge is 0.392 e. The Morgan fingerprint density at radius 3 is 2.41 bits per heavy atom. The summed E-state index contributed by atoms with van der Waals surface area (Å²) in [4.78, 5) is 0. The lowest BCUT2D eigenvalue weighted by Gasteiger charge is -2.08. The third kappa shape index (κ3) is 2.34. The average Bonchev–Trinajstić information content (AvgIpc) is 2.28. The zero-order valence-corrected chi connectivity index (χ0v) is 9.37. The van der Waals surface area contributed by atoms with Gasteiger partial charge in [0.15, 0.2) is 0 Å². The fraction of sp³-hybridized carbons (Fsp3) is 0.143. The lowest BCUT2D eigenvalue weighted by atomic mass is 9.99. The van der Waals surface area contributed by atoms with Gasteiger partial charge >= 0.3 is 0 Å². The molecule has 2 rings (SSSR count). The van der Waals surface area contributed by atoms with Crippen LogP contribution in [0.3, 0.4) is 0 Å². The van der Waals surface area contributed by atoms with Crippen molar-refractivity contribution in [1.29, 1.82) is 0 Å². The predicted molar refractivity (Wildman–Crippen MR) is 62.5 cm³/mol. The summed E-state index contributed by atoms with van der Waals surface area (Å²) in [5, 5.41) is 9.00. The second-order valence-corrected chi connectivity index (χ2v) is 3.92. The highest BCUT2D eigenvalue weighted by Gasteiger charge is 2.08. The molecule has 17 heavy (non-hydrogen) atoms. The van der Waals surface area contributed by atoms with Crippen LogP contribution in [-0.2, 0) is 6.61 Å². The van der Waals surface area contributed by atoms with Crippen molar-refractivity contribution in [2.75, 3.05) is 0 Å². The molecule has 3 heteroatoms. The van der Waals surface area contributed by atoms with E-state index in [0.29, 0.717) is 16.7 Å². The lowest BCUT2D eigenvalue weighted by molar-refractivity contribution is 0.275. The third-order valence-corrected chi connectivity index (χ3v) is 2.73. The molecule has 0 aliphatic rings. The number of halogens is 2. The van der Waals surface area contributed by atoms with Gasteiger partial charge in [-0.05, 0) is 41.8 Å². The molecule has 0 amide bonds. The van der Waals surface area contributed by atoms with Crippen molar-refractivity contribution >= 4 is 0 Å². The van der Waals surface area contributed by atoms with E-state index in [-0.39, 0.29) is 18.0 Å². The molecule has 88 valence electrons. The molecule has 0 unspecified atom stereocenters. The molecule has 2 aromatic carbocycles. The van der Waals surface area contributed by atoms with Crippen LogP contribution in [0.15, 0.2) is 36.4 Å². The Morgan fingerprint density at radius 2 is 1.82 bits per heavy atom. The molecule has 0 aliphatic heterocycles. The average molecular weight is 234 g/mol. The van der Waals surface area contributed by atoms with Gasteiger partial charge in [0, 0.05) is 5.56 Å². The van der Waals surface area contributed by atoms with Gasteiger partial charge in [0.05, 0.1) is 6.61 Å². The maximum atomic E-state index is 13.6. The second-order valence-electron chi connectivity index (χ2n) is 3.92. The summed E-state index contributed by atoms with van der Waals surface area (Å²) in [6.45, 7) is 1.39. The Bertz CT molecular complexity index is 527. The van der Waals surface area contributed by atoms with Crippen molar-refractivity contribution in [1.82, 2.24) is 0 Å². The quantitative estimate of drug-likeness (QED) is 0.844. The van der Waals surface area contributed by atoms with E-state index in [1.165, 1.54) is 18.2 Å². The van der Waals surface area contributed by atoms with E-state index in [0.717, 1.165) is 0 Å². The molecule has 0 saturated carbocycles. The Hall–Kier alpha value is -1.74. The van der Waals surface area contributed by atoms with Crippen LogP contribution in [0.25, 0.3) is 11.1 Å². The summed E-state index contributed by atoms with van der Waals surface area (Å²) in [6.07, 6.45) is 0. The van der Waals surface area contributed by atoms with Crippen LogP contribution in [0.4, 0.5) is 8.78 Å². The number of hydrogen-bond acceptors (Lipinski definition) is 1. The Labute approximate surface area is 98.3 Å². The van der Waals surface area contributed by atoms with E-state index >= 15 is 0 Å². The van der Waals surface area contributed by atoms with Gasteiger partial charge in [0.25, 0.3) is 0 Å². The van der Waals surface area contributed by atoms with E-state index in [9.17, 15) is 8.78 Å². The van der Waals surface area contributed by atoms with Gasteiger partial charge in [0.2, 0.25) is 0 Å². The predicted octanol–water partition coefficient (Wildman–Crippen LogP) is 3.43. The smallest absolute Gasteiger partial charge is 0.129 e. The van der Waals surface area contributed by atoms with Crippen LogP contribution < -0.4 is 0 Å². The minimum Gasteiger partial charge on any atom is -0.392 e. The number of aliphatic hydroxyl groups excluding tert-OH is 1. The van der Waals surface area contributed by atoms with Gasteiger partial charge in [-0.1, -0.05) is 18.2 Å². The minimum atomic E-state index is -0.466. The molecule has 1 N–H and O–H groups in total. The van der Waals surface area contributed by atoms with E-state index < -0.39 is 5.82 Å². The molecule has 0 aliphatic carbocycles. The number of hydrogen-bond donors (Lipinski definition) is 1. The van der Waals surface area contributed by atoms with E-state index in [2.05, 4.69) is 0 Å². The lowest BCUT2D eigenvalue weighted by Crippen LogP contribution is -1.95. The number of benzene rings is 2. The highest BCUT2D eigenvalue weighted by molar-refractivity contribution is 5.65. The van der Waals surface area contributed by atoms with Crippen molar-refractivity contribution in [3.63, 3.8) is 0 Å². The fourth-order valence-electron chi connectivity index (χ4n) is 1.81. The molecule has 0 fully saturated rings.